The monoisotopic (exact) mass is 222 g/mol. The molecular weight excluding hydrogens is 211 g/mol. The van der Waals surface area contributed by atoms with Crippen LogP contribution < -0.4 is 0 Å². The van der Waals surface area contributed by atoms with Gasteiger partial charge in [0.05, 0.1) is 0 Å². The van der Waals surface area contributed by atoms with E-state index in [4.69, 9.17) is 0 Å². The van der Waals surface area contributed by atoms with Crippen molar-refractivity contribution >= 4 is 22.6 Å². The van der Waals surface area contributed by atoms with Crippen molar-refractivity contribution in [3.8, 4) is 0 Å². The summed E-state index contributed by atoms with van der Waals surface area (Å²) in [5.74, 6) is 0. The molecule has 0 saturated carbocycles. The topological polar surface area (TPSA) is 0 Å². The van der Waals surface area contributed by atoms with Gasteiger partial charge in [-0.3, -0.25) is 0 Å². The minimum atomic E-state index is 1.12. The molecule has 1 heteroatoms. The lowest BCUT2D eigenvalue weighted by Gasteiger charge is -1.88. The van der Waals surface area contributed by atoms with Crippen molar-refractivity contribution in [3.05, 3.63) is 22.3 Å². The third-order valence-electron chi connectivity index (χ3n) is 0.818. The predicted molar refractivity (Wildman–Crippen MR) is 47.2 cm³/mol. The molecule has 46 valence electrons. The third-order valence-corrected chi connectivity index (χ3v) is 1.36. The largest absolute Gasteiger partial charge is 0.0917 e. The SMILES string of the molecule is C=C(I)CC/C=C\C. The van der Waals surface area contributed by atoms with Gasteiger partial charge < -0.3 is 0 Å². The van der Waals surface area contributed by atoms with Gasteiger partial charge >= 0.3 is 0 Å². The van der Waals surface area contributed by atoms with E-state index < -0.39 is 0 Å². The molecule has 0 unspecified atom stereocenters. The van der Waals surface area contributed by atoms with Crippen LogP contribution in [0, 0.1) is 0 Å². The van der Waals surface area contributed by atoms with Crippen LogP contribution in [0.15, 0.2) is 22.3 Å². The van der Waals surface area contributed by atoms with Gasteiger partial charge in [0.25, 0.3) is 0 Å². The summed E-state index contributed by atoms with van der Waals surface area (Å²) in [5.41, 5.74) is 0. The smallest absolute Gasteiger partial charge is 0.0163 e. The number of halogens is 1. The zero-order valence-electron chi connectivity index (χ0n) is 5.15. The average Bonchev–Trinajstić information content (AvgIpc) is 1.66. The number of hydrogen-bond donors (Lipinski definition) is 0. The summed E-state index contributed by atoms with van der Waals surface area (Å²) < 4.78 is 1.24. The van der Waals surface area contributed by atoms with Crippen LogP contribution in [0.25, 0.3) is 0 Å². The van der Waals surface area contributed by atoms with E-state index in [1.807, 2.05) is 6.92 Å². The lowest BCUT2D eigenvalue weighted by atomic mass is 10.3. The molecule has 0 bridgehead atoms. The number of hydrogen-bond acceptors (Lipinski definition) is 0. The van der Waals surface area contributed by atoms with Crippen LogP contribution in [0.1, 0.15) is 19.8 Å². The third kappa shape index (κ3) is 6.21. The molecule has 0 fully saturated rings. The Labute approximate surface area is 64.8 Å². The van der Waals surface area contributed by atoms with Gasteiger partial charge in [0.15, 0.2) is 0 Å². The van der Waals surface area contributed by atoms with Crippen LogP contribution in [-0.2, 0) is 0 Å². The molecule has 0 aliphatic rings. The van der Waals surface area contributed by atoms with E-state index in [1.165, 1.54) is 3.58 Å². The lowest BCUT2D eigenvalue weighted by Crippen LogP contribution is -1.65. The van der Waals surface area contributed by atoms with Gasteiger partial charge in [-0.25, -0.2) is 0 Å². The summed E-state index contributed by atoms with van der Waals surface area (Å²) in [5, 5.41) is 0. The van der Waals surface area contributed by atoms with Gasteiger partial charge in [-0.15, -0.1) is 0 Å². The Morgan fingerprint density at radius 2 is 2.38 bits per heavy atom. The van der Waals surface area contributed by atoms with Crippen LogP contribution in [0.2, 0.25) is 0 Å². The molecule has 0 amide bonds. The number of allylic oxidation sites excluding steroid dienone is 3. The molecule has 0 nitrogen and oxygen atoms in total. The molecule has 0 spiro atoms. The van der Waals surface area contributed by atoms with Gasteiger partial charge in [-0.1, -0.05) is 18.7 Å². The molecule has 0 N–H and O–H groups in total. The minimum absolute atomic E-state index is 1.12. The second-order valence-corrected chi connectivity index (χ2v) is 3.15. The maximum absolute atomic E-state index is 3.78. The van der Waals surface area contributed by atoms with E-state index in [9.17, 15) is 0 Å². The first-order valence-corrected chi connectivity index (χ1v) is 3.79. The first-order valence-electron chi connectivity index (χ1n) is 2.72. The zero-order chi connectivity index (χ0) is 6.41. The Morgan fingerprint density at radius 1 is 1.75 bits per heavy atom. The molecule has 0 aliphatic carbocycles. The predicted octanol–water partition coefficient (Wildman–Crippen LogP) is 3.29. The van der Waals surface area contributed by atoms with Crippen LogP contribution in [0.3, 0.4) is 0 Å². The van der Waals surface area contributed by atoms with Crippen LogP contribution in [0.5, 0.6) is 0 Å². The Bertz CT molecular complexity index is 92.6. The fraction of sp³-hybridized carbons (Fsp3) is 0.429. The minimum Gasteiger partial charge on any atom is -0.0917 e. The van der Waals surface area contributed by atoms with Gasteiger partial charge in [-0.05, 0) is 45.9 Å². The fourth-order valence-electron chi connectivity index (χ4n) is 0.407. The molecule has 0 atom stereocenters. The van der Waals surface area contributed by atoms with Gasteiger partial charge in [0, 0.05) is 0 Å². The molecule has 0 heterocycles. The van der Waals surface area contributed by atoms with E-state index in [1.54, 1.807) is 0 Å². The van der Waals surface area contributed by atoms with Crippen molar-refractivity contribution in [2.24, 2.45) is 0 Å². The summed E-state index contributed by atoms with van der Waals surface area (Å²) in [4.78, 5) is 0. The first-order chi connectivity index (χ1) is 3.77. The Balaban J connectivity index is 3.05. The molecule has 0 aromatic rings. The average molecular weight is 222 g/mol. The highest BCUT2D eigenvalue weighted by Crippen LogP contribution is 2.09. The fourth-order valence-corrected chi connectivity index (χ4v) is 0.718. The van der Waals surface area contributed by atoms with Crippen molar-refractivity contribution in [2.75, 3.05) is 0 Å². The van der Waals surface area contributed by atoms with E-state index >= 15 is 0 Å². The van der Waals surface area contributed by atoms with Crippen LogP contribution >= 0.6 is 22.6 Å². The molecule has 8 heavy (non-hydrogen) atoms. The second kappa shape index (κ2) is 5.35. The molecule has 0 rings (SSSR count). The molecule has 0 aromatic carbocycles. The Morgan fingerprint density at radius 3 is 2.75 bits per heavy atom. The standard InChI is InChI=1S/C7H11I/c1-3-4-5-6-7(2)8/h3-4H,2,5-6H2,1H3/b4-3-. The highest BCUT2D eigenvalue weighted by molar-refractivity contribution is 14.1. The molecule has 0 aromatic heterocycles. The van der Waals surface area contributed by atoms with E-state index in [2.05, 4.69) is 41.3 Å². The van der Waals surface area contributed by atoms with E-state index in [0.29, 0.717) is 0 Å². The highest BCUT2D eigenvalue weighted by Gasteiger charge is 1.81. The lowest BCUT2D eigenvalue weighted by molar-refractivity contribution is 1.05. The van der Waals surface area contributed by atoms with Crippen molar-refractivity contribution in [3.63, 3.8) is 0 Å². The summed E-state index contributed by atoms with van der Waals surface area (Å²) in [6.07, 6.45) is 6.48. The number of rotatable bonds is 3. The van der Waals surface area contributed by atoms with E-state index in [-0.39, 0.29) is 0 Å². The normalized spacial score (nSPS) is 10.2. The molecule has 0 radical (unpaired) electrons. The van der Waals surface area contributed by atoms with Crippen molar-refractivity contribution < 1.29 is 0 Å². The molecule has 0 saturated heterocycles. The first kappa shape index (κ1) is 8.21. The Hall–Kier alpha value is 0.210. The molecular formula is C7H11I. The van der Waals surface area contributed by atoms with E-state index in [0.717, 1.165) is 12.8 Å². The van der Waals surface area contributed by atoms with Gasteiger partial charge in [0.1, 0.15) is 0 Å². The van der Waals surface area contributed by atoms with Crippen molar-refractivity contribution in [1.82, 2.24) is 0 Å². The van der Waals surface area contributed by atoms with Crippen LogP contribution in [0.4, 0.5) is 0 Å². The van der Waals surface area contributed by atoms with Crippen molar-refractivity contribution in [2.45, 2.75) is 19.8 Å². The van der Waals surface area contributed by atoms with Crippen molar-refractivity contribution in [1.29, 1.82) is 0 Å². The summed E-state index contributed by atoms with van der Waals surface area (Å²) >= 11 is 2.25. The summed E-state index contributed by atoms with van der Waals surface area (Å²) in [7, 11) is 0. The highest BCUT2D eigenvalue weighted by atomic mass is 127. The van der Waals surface area contributed by atoms with Gasteiger partial charge in [-0.2, -0.15) is 0 Å². The maximum Gasteiger partial charge on any atom is -0.0163 e. The maximum atomic E-state index is 3.78. The van der Waals surface area contributed by atoms with Crippen LogP contribution in [-0.4, -0.2) is 0 Å². The molecule has 0 aliphatic heterocycles. The quantitative estimate of drug-likeness (QED) is 0.507. The Kier molecular flexibility index (Phi) is 5.49. The van der Waals surface area contributed by atoms with Gasteiger partial charge in [0.2, 0.25) is 0 Å². The second-order valence-electron chi connectivity index (χ2n) is 1.62. The summed E-state index contributed by atoms with van der Waals surface area (Å²) in [6, 6.07) is 0. The summed E-state index contributed by atoms with van der Waals surface area (Å²) in [6.45, 7) is 5.82. The zero-order valence-corrected chi connectivity index (χ0v) is 7.31.